The predicted octanol–water partition coefficient (Wildman–Crippen LogP) is 6.62. The van der Waals surface area contributed by atoms with Crippen LogP contribution in [0.4, 0.5) is 11.4 Å². The Hall–Kier alpha value is -3.34. The molecule has 0 saturated carbocycles. The van der Waals surface area contributed by atoms with Crippen molar-refractivity contribution in [2.75, 3.05) is 23.4 Å². The molecule has 4 aliphatic heterocycles. The minimum absolute atomic E-state index is 0.0255. The third-order valence-electron chi connectivity index (χ3n) is 9.07. The summed E-state index contributed by atoms with van der Waals surface area (Å²) in [6.45, 7) is 16.6. The molecule has 0 spiro atoms. The molecular formula is C32H38N3O2+. The Labute approximate surface area is 219 Å². The van der Waals surface area contributed by atoms with Crippen LogP contribution in [0, 0.1) is 0 Å². The zero-order chi connectivity index (χ0) is 26.6. The fourth-order valence-corrected chi connectivity index (χ4v) is 7.00. The van der Waals surface area contributed by atoms with Gasteiger partial charge in [0.25, 0.3) is 0 Å². The van der Waals surface area contributed by atoms with E-state index in [9.17, 15) is 4.79 Å². The number of benzene rings is 2. The highest BCUT2D eigenvalue weighted by Crippen LogP contribution is 2.46. The van der Waals surface area contributed by atoms with Gasteiger partial charge in [-0.15, -0.1) is 0 Å². The molecule has 5 nitrogen and oxygen atoms in total. The van der Waals surface area contributed by atoms with Crippen LogP contribution in [0.3, 0.4) is 0 Å². The van der Waals surface area contributed by atoms with Crippen LogP contribution >= 0.6 is 0 Å². The van der Waals surface area contributed by atoms with Gasteiger partial charge < -0.3 is 14.2 Å². The fourth-order valence-electron chi connectivity index (χ4n) is 7.00. The lowest BCUT2D eigenvalue weighted by Gasteiger charge is -2.45. The number of aromatic nitrogens is 1. The fraction of sp³-hybridized carbons (Fsp3) is 0.438. The minimum atomic E-state index is -0.0914. The van der Waals surface area contributed by atoms with Gasteiger partial charge in [0.2, 0.25) is 5.52 Å². The van der Waals surface area contributed by atoms with Gasteiger partial charge in [0.05, 0.1) is 16.6 Å². The molecule has 2 aromatic carbocycles. The molecular weight excluding hydrogens is 458 g/mol. The second-order valence-electron chi connectivity index (χ2n) is 12.4. The summed E-state index contributed by atoms with van der Waals surface area (Å²) in [5.74, 6) is 1.10. The normalized spacial score (nSPS) is 20.4. The summed E-state index contributed by atoms with van der Waals surface area (Å²) in [6, 6.07) is 10.8. The molecule has 2 aromatic rings. The molecule has 0 saturated heterocycles. The lowest BCUT2D eigenvalue weighted by Crippen LogP contribution is -2.48. The van der Waals surface area contributed by atoms with Crippen LogP contribution in [-0.4, -0.2) is 24.7 Å². The Bertz CT molecular complexity index is 1670. The number of allylic oxidation sites excluding steroid dienone is 1. The maximum atomic E-state index is 13.7. The van der Waals surface area contributed by atoms with Crippen LogP contribution in [-0.2, 0) is 7.05 Å². The average molecular weight is 497 g/mol. The number of aryl methyl sites for hydroxylation is 1. The van der Waals surface area contributed by atoms with E-state index in [0.29, 0.717) is 17.2 Å². The molecule has 6 rings (SSSR count). The first-order chi connectivity index (χ1) is 17.3. The Kier molecular flexibility index (Phi) is 4.93. The highest BCUT2D eigenvalue weighted by molar-refractivity contribution is 5.99. The number of hydrogen-bond donors (Lipinski definition) is 0. The van der Waals surface area contributed by atoms with E-state index in [1.807, 2.05) is 13.1 Å². The van der Waals surface area contributed by atoms with Gasteiger partial charge in [-0.3, -0.25) is 0 Å². The average Bonchev–Trinajstić information content (AvgIpc) is 2.83. The molecule has 1 unspecified atom stereocenters. The summed E-state index contributed by atoms with van der Waals surface area (Å²) in [5, 5.41) is 1.96. The first-order valence-electron chi connectivity index (χ1n) is 13.5. The summed E-state index contributed by atoms with van der Waals surface area (Å²) in [7, 11) is 4.05. The lowest BCUT2D eigenvalue weighted by atomic mass is 9.80. The van der Waals surface area contributed by atoms with Crippen molar-refractivity contribution in [3.63, 3.8) is 0 Å². The number of likely N-dealkylation sites (N-methyl/N-ethyl adjacent to an activating group) is 1. The number of pyridine rings is 1. The van der Waals surface area contributed by atoms with E-state index < -0.39 is 0 Å². The summed E-state index contributed by atoms with van der Waals surface area (Å²) in [6.07, 6.45) is 3.43. The molecule has 0 radical (unpaired) electrons. The monoisotopic (exact) mass is 496 g/mol. The van der Waals surface area contributed by atoms with Gasteiger partial charge in [-0.2, -0.15) is 4.57 Å². The summed E-state index contributed by atoms with van der Waals surface area (Å²) >= 11 is 0. The number of anilines is 2. The molecule has 37 heavy (non-hydrogen) atoms. The highest BCUT2D eigenvalue weighted by atomic mass is 16.3. The molecule has 4 heterocycles. The van der Waals surface area contributed by atoms with Gasteiger partial charge in [0.15, 0.2) is 5.76 Å². The van der Waals surface area contributed by atoms with Gasteiger partial charge in [-0.1, -0.05) is 13.0 Å². The van der Waals surface area contributed by atoms with E-state index in [2.05, 4.69) is 95.7 Å². The van der Waals surface area contributed by atoms with Crippen LogP contribution in [0.25, 0.3) is 38.8 Å². The third kappa shape index (κ3) is 3.29. The maximum absolute atomic E-state index is 13.7. The Morgan fingerprint density at radius 3 is 2.49 bits per heavy atom. The Balaban J connectivity index is 1.69. The van der Waals surface area contributed by atoms with Crippen molar-refractivity contribution in [3.8, 4) is 11.3 Å². The smallest absolute Gasteiger partial charge is 0.423 e. The van der Waals surface area contributed by atoms with Crippen molar-refractivity contribution >= 4 is 38.8 Å². The maximum Gasteiger partial charge on any atom is 0.423 e. The van der Waals surface area contributed by atoms with Gasteiger partial charge in [-0.25, -0.2) is 4.79 Å². The van der Waals surface area contributed by atoms with Crippen LogP contribution in [0.5, 0.6) is 0 Å². The van der Waals surface area contributed by atoms with Crippen LogP contribution in [0.1, 0.15) is 71.9 Å². The predicted molar refractivity (Wildman–Crippen MR) is 154 cm³/mol. The number of hydrogen-bond acceptors (Lipinski definition) is 4. The zero-order valence-corrected chi connectivity index (χ0v) is 23.6. The molecule has 0 bridgehead atoms. The molecule has 0 fully saturated rings. The van der Waals surface area contributed by atoms with Crippen molar-refractivity contribution in [2.45, 2.75) is 71.9 Å². The van der Waals surface area contributed by atoms with Crippen molar-refractivity contribution in [1.82, 2.24) is 0 Å². The first kappa shape index (κ1) is 24.0. The first-order valence-corrected chi connectivity index (χ1v) is 13.5. The largest absolute Gasteiger partial charge is 0.455 e. The molecule has 5 heteroatoms. The molecule has 0 aromatic heterocycles. The van der Waals surface area contributed by atoms with Crippen molar-refractivity contribution < 1.29 is 8.98 Å². The van der Waals surface area contributed by atoms with Crippen molar-refractivity contribution in [1.29, 1.82) is 0 Å². The minimum Gasteiger partial charge on any atom is -0.455 e. The molecule has 4 aliphatic rings. The summed E-state index contributed by atoms with van der Waals surface area (Å²) in [5.41, 5.74) is 8.45. The molecule has 1 atom stereocenters. The standard InChI is InChI=1S/C32H38N3O2/c1-10-35-27-14-25-23(13-22(27)19(3)17-32(35,6)7)29-24(30(36)33(25)8)12-20-11-21-18(2)16-31(4,5)34(9)26(21)15-28(20)37-29/h11-15,17-18H,10,16H2,1-9H3/q+1. The number of rotatable bonds is 1. The highest BCUT2D eigenvalue weighted by Gasteiger charge is 2.36. The number of nitrogens with zero attached hydrogens (tertiary/aromatic N) is 3. The summed E-state index contributed by atoms with van der Waals surface area (Å²) in [4.78, 5) is 18.4. The molecule has 0 aliphatic carbocycles. The van der Waals surface area contributed by atoms with Gasteiger partial charge >= 0.3 is 5.56 Å². The van der Waals surface area contributed by atoms with E-state index in [4.69, 9.17) is 4.42 Å². The van der Waals surface area contributed by atoms with Gasteiger partial charge in [0.1, 0.15) is 18.2 Å². The van der Waals surface area contributed by atoms with E-state index in [-0.39, 0.29) is 16.6 Å². The Morgan fingerprint density at radius 1 is 1.05 bits per heavy atom. The SMILES string of the molecule is CCN1c2cc3c(cc2C(C)=CC1(C)C)c1oc2cc4c(cc2cc-1c(=O)[n+]3C)C(C)CC(C)(C)N4C. The van der Waals surface area contributed by atoms with E-state index in [1.165, 1.54) is 28.1 Å². The van der Waals surface area contributed by atoms with Crippen LogP contribution in [0.15, 0.2) is 45.6 Å². The van der Waals surface area contributed by atoms with Crippen LogP contribution < -0.4 is 19.9 Å². The Morgan fingerprint density at radius 2 is 1.78 bits per heavy atom. The topological polar surface area (TPSA) is 40.6 Å². The third-order valence-corrected chi connectivity index (χ3v) is 9.07. The molecule has 192 valence electrons. The van der Waals surface area contributed by atoms with Crippen LogP contribution in [0.2, 0.25) is 0 Å². The van der Waals surface area contributed by atoms with E-state index in [1.54, 1.807) is 4.57 Å². The van der Waals surface area contributed by atoms with E-state index >= 15 is 0 Å². The molecule has 0 amide bonds. The molecule has 0 N–H and O–H groups in total. The van der Waals surface area contributed by atoms with E-state index in [0.717, 1.165) is 34.8 Å². The van der Waals surface area contributed by atoms with Gasteiger partial charge in [0, 0.05) is 47.9 Å². The number of fused-ring (bicyclic) bond motifs is 6. The van der Waals surface area contributed by atoms with Crippen molar-refractivity contribution in [3.05, 3.63) is 57.9 Å². The second-order valence-corrected chi connectivity index (χ2v) is 12.4. The quantitative estimate of drug-likeness (QED) is 0.169. The van der Waals surface area contributed by atoms with Gasteiger partial charge in [-0.05, 0) is 83.2 Å². The lowest BCUT2D eigenvalue weighted by molar-refractivity contribution is -0.658. The second kappa shape index (κ2) is 7.59. The zero-order valence-electron chi connectivity index (χ0n) is 23.6. The summed E-state index contributed by atoms with van der Waals surface area (Å²) < 4.78 is 8.44. The van der Waals surface area contributed by atoms with Crippen molar-refractivity contribution in [2.24, 2.45) is 7.05 Å².